The third-order valence-electron chi connectivity index (χ3n) is 14.6. The van der Waals surface area contributed by atoms with Gasteiger partial charge in [0.2, 0.25) is 0 Å². The molecule has 0 spiro atoms. The Hall–Kier alpha value is -7.63. The van der Waals surface area contributed by atoms with Crippen molar-refractivity contribution in [1.82, 2.24) is 48.3 Å². The highest BCUT2D eigenvalue weighted by Crippen LogP contribution is 2.56. The highest BCUT2D eigenvalue weighted by molar-refractivity contribution is 6.05. The van der Waals surface area contributed by atoms with E-state index < -0.39 is 28.8 Å². The van der Waals surface area contributed by atoms with Gasteiger partial charge in [-0.3, -0.25) is 32.9 Å². The molecule has 3 aromatic carbocycles. The average Bonchev–Trinajstić information content (AvgIpc) is 4.00. The molecule has 2 bridgehead atoms. The van der Waals surface area contributed by atoms with E-state index in [2.05, 4.69) is 29.1 Å². The lowest BCUT2D eigenvalue weighted by Crippen LogP contribution is -2.43. The topological polar surface area (TPSA) is 167 Å². The highest BCUT2D eigenvalue weighted by atomic mass is 19.1. The van der Waals surface area contributed by atoms with Crippen molar-refractivity contribution in [2.24, 2.45) is 18.4 Å². The minimum absolute atomic E-state index is 0.0351. The Balaban J connectivity index is 1.03. The van der Waals surface area contributed by atoms with Crippen molar-refractivity contribution in [1.29, 1.82) is 0 Å². The standard InChI is InChI=1S/C49H45F2N11O5/c1-25-17-31(18-26(2)41(25)50)62-43(58-16-15-57(47(58)66)37-12-11-35-32(42(37)51)23-52-56(35)6)40-33(54-62)21-30-8-10-36(40)60(30)44(64)38-20-28-19-29(59-24-48(4,5)14-13-39(59)63)7-9-34(28)61(38)49(22-27(49)3)45-53-46(65)67-55-45/h7,9,11-20,23,27,30,36H,8,10,21-22,24H2,1-6H3,(H,53,55,65)/t27-,30+,36-,49-/m0/s1. The fraction of sp³-hybridized carbons (Fsp3) is 0.327. The van der Waals surface area contributed by atoms with Crippen LogP contribution in [-0.4, -0.2) is 72.7 Å². The molecule has 1 saturated carbocycles. The number of fused-ring (bicyclic) bond motifs is 6. The molecule has 2 amide bonds. The number of amides is 2. The van der Waals surface area contributed by atoms with Crippen LogP contribution in [0.2, 0.25) is 0 Å². The van der Waals surface area contributed by atoms with Gasteiger partial charge in [0.1, 0.15) is 22.9 Å². The number of carbonyl (C=O) groups is 2. The number of anilines is 1. The zero-order valence-electron chi connectivity index (χ0n) is 37.5. The predicted molar refractivity (Wildman–Crippen MR) is 243 cm³/mol. The molecule has 4 aliphatic rings. The van der Waals surface area contributed by atoms with Crippen LogP contribution in [0.3, 0.4) is 0 Å². The van der Waals surface area contributed by atoms with E-state index >= 15 is 13.6 Å². The van der Waals surface area contributed by atoms with Crippen LogP contribution in [0.25, 0.3) is 39.0 Å². The van der Waals surface area contributed by atoms with Gasteiger partial charge in [0.25, 0.3) is 11.8 Å². The number of halogens is 2. The molecular weight excluding hydrogens is 861 g/mol. The molecule has 0 unspecified atom stereocenters. The molecule has 16 nitrogen and oxygen atoms in total. The van der Waals surface area contributed by atoms with E-state index in [4.69, 9.17) is 9.62 Å². The molecule has 1 saturated heterocycles. The Bertz CT molecular complexity index is 3590. The number of aromatic amines is 1. The van der Waals surface area contributed by atoms with Crippen LogP contribution in [-0.2, 0) is 23.8 Å². The summed E-state index contributed by atoms with van der Waals surface area (Å²) in [4.78, 5) is 62.7. The largest absolute Gasteiger partial charge is 0.438 e. The molecule has 5 aromatic heterocycles. The molecule has 3 aliphatic heterocycles. The summed E-state index contributed by atoms with van der Waals surface area (Å²) < 4.78 is 44.3. The molecule has 8 aromatic rings. The predicted octanol–water partition coefficient (Wildman–Crippen LogP) is 6.84. The number of nitrogens with one attached hydrogen (secondary N) is 1. The molecular formula is C49H45F2N11O5. The van der Waals surface area contributed by atoms with Gasteiger partial charge in [-0.05, 0) is 98.7 Å². The van der Waals surface area contributed by atoms with Crippen LogP contribution in [0.15, 0.2) is 93.4 Å². The quantitative estimate of drug-likeness (QED) is 0.182. The minimum Gasteiger partial charge on any atom is -0.327 e. The molecule has 67 heavy (non-hydrogen) atoms. The van der Waals surface area contributed by atoms with Crippen LogP contribution in [0, 0.1) is 36.8 Å². The number of rotatable bonds is 7. The monoisotopic (exact) mass is 905 g/mol. The fourth-order valence-corrected chi connectivity index (χ4v) is 11.2. The molecule has 4 atom stereocenters. The third-order valence-corrected chi connectivity index (χ3v) is 14.6. The smallest absolute Gasteiger partial charge is 0.327 e. The number of H-pyrrole nitrogens is 1. The van der Waals surface area contributed by atoms with Gasteiger partial charge in [0.05, 0.1) is 40.2 Å². The number of hydrogen-bond donors (Lipinski definition) is 1. The Morgan fingerprint density at radius 3 is 2.40 bits per heavy atom. The molecule has 12 rings (SSSR count). The average molecular weight is 906 g/mol. The number of aromatic nitrogens is 9. The number of benzene rings is 3. The summed E-state index contributed by atoms with van der Waals surface area (Å²) in [5, 5.41) is 14.5. The van der Waals surface area contributed by atoms with E-state index in [0.717, 1.165) is 5.39 Å². The molecule has 8 heterocycles. The van der Waals surface area contributed by atoms with Crippen molar-refractivity contribution in [3.63, 3.8) is 0 Å². The summed E-state index contributed by atoms with van der Waals surface area (Å²) in [5.74, 6) is -1.48. The zero-order chi connectivity index (χ0) is 46.6. The number of carbonyl (C=O) groups excluding carboxylic acids is 2. The molecule has 1 N–H and O–H groups in total. The van der Waals surface area contributed by atoms with Gasteiger partial charge in [0.15, 0.2) is 11.6 Å². The van der Waals surface area contributed by atoms with Crippen molar-refractivity contribution in [3.8, 4) is 17.2 Å². The summed E-state index contributed by atoms with van der Waals surface area (Å²) in [6.45, 7) is 9.97. The van der Waals surface area contributed by atoms with E-state index in [1.54, 1.807) is 71.7 Å². The second-order valence-electron chi connectivity index (χ2n) is 19.4. The van der Waals surface area contributed by atoms with E-state index in [1.807, 2.05) is 46.7 Å². The van der Waals surface area contributed by atoms with Crippen molar-refractivity contribution in [3.05, 3.63) is 146 Å². The first kappa shape index (κ1) is 40.8. The molecule has 1 aliphatic carbocycles. The molecule has 18 heteroatoms. The van der Waals surface area contributed by atoms with Crippen molar-refractivity contribution in [2.75, 3.05) is 11.4 Å². The Kier molecular flexibility index (Phi) is 8.50. The maximum absolute atomic E-state index is 16.2. The van der Waals surface area contributed by atoms with E-state index in [0.29, 0.717) is 94.4 Å². The molecule has 2 fully saturated rings. The van der Waals surface area contributed by atoms with E-state index in [-0.39, 0.29) is 46.1 Å². The van der Waals surface area contributed by atoms with Crippen molar-refractivity contribution >= 4 is 39.3 Å². The van der Waals surface area contributed by atoms with Crippen LogP contribution in [0.5, 0.6) is 0 Å². The number of aryl methyl sites for hydroxylation is 3. The summed E-state index contributed by atoms with van der Waals surface area (Å²) in [5.41, 5.74) is 3.24. The van der Waals surface area contributed by atoms with E-state index in [1.165, 1.54) is 21.5 Å². The fourth-order valence-electron chi connectivity index (χ4n) is 11.2. The first-order valence-electron chi connectivity index (χ1n) is 22.4. The van der Waals surface area contributed by atoms with Crippen LogP contribution >= 0.6 is 0 Å². The Morgan fingerprint density at radius 1 is 0.925 bits per heavy atom. The summed E-state index contributed by atoms with van der Waals surface area (Å²) >= 11 is 0. The maximum atomic E-state index is 16.2. The van der Waals surface area contributed by atoms with Crippen molar-refractivity contribution < 1.29 is 22.9 Å². The first-order valence-corrected chi connectivity index (χ1v) is 22.4. The normalized spacial score (nSPS) is 21.9. The lowest BCUT2D eigenvalue weighted by molar-refractivity contribution is -0.114. The highest BCUT2D eigenvalue weighted by Gasteiger charge is 2.59. The van der Waals surface area contributed by atoms with Gasteiger partial charge in [0, 0.05) is 72.1 Å². The summed E-state index contributed by atoms with van der Waals surface area (Å²) in [6.07, 6.45) is 10.1. The van der Waals surface area contributed by atoms with Gasteiger partial charge in [-0.1, -0.05) is 32.0 Å². The first-order chi connectivity index (χ1) is 32.0. The second kappa shape index (κ2) is 13.9. The van der Waals surface area contributed by atoms with Gasteiger partial charge < -0.3 is 14.4 Å². The SMILES string of the molecule is Cc1cc(-n2nc3c(c2-n2ccn(-c4ccc5c(cnn5C)c4F)c2=O)[C@@H]2CC[C@H](C3)N2C(=O)c2cc3cc(N4CC(C)(C)C=CC4=O)ccc3n2[C@@]2(c3noc(=O)[nH]3)C[C@@H]2C)cc(C)c1F. The lowest BCUT2D eigenvalue weighted by atomic mass is 9.89. The van der Waals surface area contributed by atoms with Crippen molar-refractivity contribution in [2.45, 2.75) is 77.9 Å². The maximum Gasteiger partial charge on any atom is 0.438 e. The number of hydrogen-bond acceptors (Lipinski definition) is 8. The van der Waals surface area contributed by atoms with Gasteiger partial charge >= 0.3 is 11.4 Å². The third kappa shape index (κ3) is 5.83. The van der Waals surface area contributed by atoms with Gasteiger partial charge in [-0.15, -0.1) is 0 Å². The zero-order valence-corrected chi connectivity index (χ0v) is 37.5. The summed E-state index contributed by atoms with van der Waals surface area (Å²) in [7, 11) is 1.71. The summed E-state index contributed by atoms with van der Waals surface area (Å²) in [6, 6.07) is 13.3. The Labute approximate surface area is 380 Å². The number of imidazole rings is 1. The van der Waals surface area contributed by atoms with E-state index in [9.17, 15) is 14.4 Å². The molecule has 0 radical (unpaired) electrons. The van der Waals surface area contributed by atoms with Gasteiger partial charge in [-0.25, -0.2) is 23.1 Å². The van der Waals surface area contributed by atoms with Gasteiger partial charge in [-0.2, -0.15) is 10.2 Å². The second-order valence-corrected chi connectivity index (χ2v) is 19.4. The lowest BCUT2D eigenvalue weighted by Gasteiger charge is -2.35. The molecule has 340 valence electrons. The van der Waals surface area contributed by atoms with Crippen LogP contribution in [0.4, 0.5) is 14.5 Å². The van der Waals surface area contributed by atoms with Crippen LogP contribution in [0.1, 0.15) is 84.8 Å². The van der Waals surface area contributed by atoms with Crippen LogP contribution < -0.4 is 16.3 Å². The minimum atomic E-state index is -0.926. The Morgan fingerprint density at radius 2 is 1.67 bits per heavy atom. The number of nitrogens with zero attached hydrogens (tertiary/aromatic N) is 10.